The second-order valence-electron chi connectivity index (χ2n) is 6.33. The number of benzene rings is 1. The summed E-state index contributed by atoms with van der Waals surface area (Å²) in [5, 5.41) is 18.6. The topological polar surface area (TPSA) is 90.5 Å². The molecule has 0 aromatic heterocycles. The molecule has 6 nitrogen and oxygen atoms in total. The highest BCUT2D eigenvalue weighted by atomic mass is 16.4. The molecule has 0 bridgehead atoms. The van der Waals surface area contributed by atoms with Crippen molar-refractivity contribution in [3.05, 3.63) is 29.8 Å². The van der Waals surface area contributed by atoms with Gasteiger partial charge in [-0.2, -0.15) is 0 Å². The second kappa shape index (κ2) is 7.10. The van der Waals surface area contributed by atoms with Crippen molar-refractivity contribution >= 4 is 17.6 Å². The summed E-state index contributed by atoms with van der Waals surface area (Å²) in [4.78, 5) is 22.1. The van der Waals surface area contributed by atoms with Crippen LogP contribution in [0.5, 0.6) is 0 Å². The summed E-state index contributed by atoms with van der Waals surface area (Å²) in [5.41, 5.74) is 1.85. The molecule has 1 saturated heterocycles. The van der Waals surface area contributed by atoms with Crippen molar-refractivity contribution in [3.63, 3.8) is 0 Å². The van der Waals surface area contributed by atoms with Gasteiger partial charge < -0.3 is 10.4 Å². The van der Waals surface area contributed by atoms with Crippen LogP contribution in [0.15, 0.2) is 24.3 Å². The van der Waals surface area contributed by atoms with Gasteiger partial charge in [-0.1, -0.05) is 25.0 Å². The number of carbonyl (C=O) groups excluding carboxylic acids is 1. The lowest BCUT2D eigenvalue weighted by atomic mass is 9.92. The van der Waals surface area contributed by atoms with E-state index < -0.39 is 5.97 Å². The molecule has 1 aliphatic carbocycles. The number of hydrogen-bond donors (Lipinski definition) is 4. The molecule has 4 N–H and O–H groups in total. The van der Waals surface area contributed by atoms with Gasteiger partial charge in [-0.15, -0.1) is 0 Å². The predicted octanol–water partition coefficient (Wildman–Crippen LogP) is 1.99. The minimum Gasteiger partial charge on any atom is -0.481 e. The zero-order valence-electron chi connectivity index (χ0n) is 13.0. The minimum atomic E-state index is -0.963. The summed E-state index contributed by atoms with van der Waals surface area (Å²) in [6.45, 7) is 0. The van der Waals surface area contributed by atoms with Crippen LogP contribution in [-0.2, 0) is 9.59 Å². The van der Waals surface area contributed by atoms with Crippen LogP contribution < -0.4 is 16.0 Å². The molecule has 23 heavy (non-hydrogen) atoms. The summed E-state index contributed by atoms with van der Waals surface area (Å²) in [7, 11) is 0. The molecule has 0 spiro atoms. The minimum absolute atomic E-state index is 0.00776. The Labute approximate surface area is 135 Å². The first-order chi connectivity index (χ1) is 11.1. The van der Waals surface area contributed by atoms with E-state index in [1.165, 1.54) is 25.7 Å². The zero-order chi connectivity index (χ0) is 16.2. The van der Waals surface area contributed by atoms with Gasteiger partial charge in [-0.25, -0.2) is 0 Å². The van der Waals surface area contributed by atoms with Gasteiger partial charge in [0.2, 0.25) is 5.91 Å². The van der Waals surface area contributed by atoms with Crippen molar-refractivity contribution in [2.24, 2.45) is 0 Å². The molecule has 0 radical (unpaired) electrons. The van der Waals surface area contributed by atoms with E-state index >= 15 is 0 Å². The molecular weight excluding hydrogens is 294 g/mol. The van der Waals surface area contributed by atoms with E-state index in [4.69, 9.17) is 5.11 Å². The molecular formula is C17H23N3O3. The lowest BCUT2D eigenvalue weighted by Gasteiger charge is -2.23. The molecule has 1 amide bonds. The summed E-state index contributed by atoms with van der Waals surface area (Å²) in [6, 6.07) is 8.83. The van der Waals surface area contributed by atoms with Gasteiger partial charge in [-0.05, 0) is 30.5 Å². The highest BCUT2D eigenvalue weighted by Gasteiger charge is 2.34. The number of aliphatic carboxylic acids is 1. The van der Waals surface area contributed by atoms with E-state index in [0.717, 1.165) is 5.56 Å². The summed E-state index contributed by atoms with van der Waals surface area (Å²) >= 11 is 0. The summed E-state index contributed by atoms with van der Waals surface area (Å²) in [5.74, 6) is -1.24. The molecule has 2 atom stereocenters. The molecule has 3 rings (SSSR count). The SMILES string of the molecule is O=C(O)CCC(=O)Nc1ccc(C2NC3CCCCC3N2)cc1. The van der Waals surface area contributed by atoms with Crippen molar-refractivity contribution < 1.29 is 14.7 Å². The molecule has 1 aromatic rings. The lowest BCUT2D eigenvalue weighted by Crippen LogP contribution is -2.36. The maximum atomic E-state index is 11.6. The smallest absolute Gasteiger partial charge is 0.303 e. The fourth-order valence-electron chi connectivity index (χ4n) is 3.40. The van der Waals surface area contributed by atoms with Gasteiger partial charge in [0.25, 0.3) is 0 Å². The molecule has 2 aliphatic rings. The lowest BCUT2D eigenvalue weighted by molar-refractivity contribution is -0.138. The third-order valence-corrected chi connectivity index (χ3v) is 4.62. The van der Waals surface area contributed by atoms with E-state index in [-0.39, 0.29) is 24.9 Å². The van der Waals surface area contributed by atoms with Gasteiger partial charge in [-0.3, -0.25) is 20.2 Å². The Hall–Kier alpha value is -1.92. The Balaban J connectivity index is 1.55. The van der Waals surface area contributed by atoms with Crippen molar-refractivity contribution in [1.82, 2.24) is 10.6 Å². The Morgan fingerprint density at radius 1 is 1.04 bits per heavy atom. The van der Waals surface area contributed by atoms with Crippen LogP contribution in [-0.4, -0.2) is 29.1 Å². The quantitative estimate of drug-likeness (QED) is 0.667. The van der Waals surface area contributed by atoms with Crippen LogP contribution in [0.25, 0.3) is 0 Å². The molecule has 124 valence electrons. The van der Waals surface area contributed by atoms with Gasteiger partial charge in [0, 0.05) is 24.2 Å². The highest BCUT2D eigenvalue weighted by molar-refractivity contribution is 5.92. The van der Waals surface area contributed by atoms with Crippen LogP contribution in [0.1, 0.15) is 50.3 Å². The molecule has 1 aliphatic heterocycles. The van der Waals surface area contributed by atoms with E-state index in [2.05, 4.69) is 16.0 Å². The third-order valence-electron chi connectivity index (χ3n) is 4.62. The number of anilines is 1. The average Bonchev–Trinajstić information content (AvgIpc) is 2.97. The van der Waals surface area contributed by atoms with E-state index in [9.17, 15) is 9.59 Å². The number of carboxylic acids is 1. The average molecular weight is 317 g/mol. The Morgan fingerprint density at radius 2 is 1.65 bits per heavy atom. The maximum absolute atomic E-state index is 11.6. The van der Waals surface area contributed by atoms with Crippen molar-refractivity contribution in [2.75, 3.05) is 5.32 Å². The standard InChI is InChI=1S/C17H23N3O3/c21-15(9-10-16(22)23)18-12-7-5-11(6-8-12)17-19-13-3-1-2-4-14(13)20-17/h5-8,13-14,17,19-20H,1-4,9-10H2,(H,18,21)(H,22,23). The molecule has 1 aromatic carbocycles. The van der Waals surface area contributed by atoms with Crippen LogP contribution in [0.4, 0.5) is 5.69 Å². The zero-order valence-corrected chi connectivity index (χ0v) is 13.0. The third kappa shape index (κ3) is 4.09. The first-order valence-electron chi connectivity index (χ1n) is 8.25. The molecule has 1 saturated carbocycles. The first kappa shape index (κ1) is 16.0. The normalized spacial score (nSPS) is 26.5. The van der Waals surface area contributed by atoms with E-state index in [1.807, 2.05) is 24.3 Å². The van der Waals surface area contributed by atoms with E-state index in [1.54, 1.807) is 0 Å². The number of amides is 1. The van der Waals surface area contributed by atoms with Crippen LogP contribution >= 0.6 is 0 Å². The second-order valence-corrected chi connectivity index (χ2v) is 6.33. The van der Waals surface area contributed by atoms with Crippen molar-refractivity contribution in [1.29, 1.82) is 0 Å². The first-order valence-corrected chi connectivity index (χ1v) is 8.25. The van der Waals surface area contributed by atoms with Crippen LogP contribution in [0.2, 0.25) is 0 Å². The Bertz CT molecular complexity index is 559. The summed E-state index contributed by atoms with van der Waals surface area (Å²) < 4.78 is 0. The molecule has 2 unspecified atom stereocenters. The largest absolute Gasteiger partial charge is 0.481 e. The number of fused-ring (bicyclic) bond motifs is 1. The predicted molar refractivity (Wildman–Crippen MR) is 87.0 cm³/mol. The Morgan fingerprint density at radius 3 is 2.22 bits per heavy atom. The number of carbonyl (C=O) groups is 2. The Kier molecular flexibility index (Phi) is 4.93. The number of hydrogen-bond acceptors (Lipinski definition) is 4. The maximum Gasteiger partial charge on any atom is 0.303 e. The fourth-order valence-corrected chi connectivity index (χ4v) is 3.40. The highest BCUT2D eigenvalue weighted by Crippen LogP contribution is 2.28. The number of nitrogens with one attached hydrogen (secondary N) is 3. The van der Waals surface area contributed by atoms with Crippen molar-refractivity contribution in [2.45, 2.75) is 56.8 Å². The van der Waals surface area contributed by atoms with Crippen LogP contribution in [0, 0.1) is 0 Å². The van der Waals surface area contributed by atoms with Crippen LogP contribution in [0.3, 0.4) is 0 Å². The molecule has 1 heterocycles. The van der Waals surface area contributed by atoms with Gasteiger partial charge >= 0.3 is 5.97 Å². The molecule has 2 fully saturated rings. The monoisotopic (exact) mass is 317 g/mol. The number of carboxylic acid groups (broad SMARTS) is 1. The van der Waals surface area contributed by atoms with E-state index in [0.29, 0.717) is 17.8 Å². The van der Waals surface area contributed by atoms with Gasteiger partial charge in [0.05, 0.1) is 12.6 Å². The molecule has 6 heteroatoms. The summed E-state index contributed by atoms with van der Waals surface area (Å²) in [6.07, 6.45) is 5.06. The van der Waals surface area contributed by atoms with Crippen molar-refractivity contribution in [3.8, 4) is 0 Å². The van der Waals surface area contributed by atoms with Gasteiger partial charge in [0.1, 0.15) is 0 Å². The number of rotatable bonds is 5. The fraction of sp³-hybridized carbons (Fsp3) is 0.529. The van der Waals surface area contributed by atoms with Gasteiger partial charge in [0.15, 0.2) is 0 Å².